The molecule has 6 heteroatoms. The second kappa shape index (κ2) is 7.58. The highest BCUT2D eigenvalue weighted by atomic mass is 32.2. The smallest absolute Gasteiger partial charge is 0.272 e. The van der Waals surface area contributed by atoms with Gasteiger partial charge in [-0.15, -0.1) is 0 Å². The Morgan fingerprint density at radius 3 is 2.35 bits per heavy atom. The van der Waals surface area contributed by atoms with Gasteiger partial charge in [-0.1, -0.05) is 42.0 Å². The molecule has 0 atom stereocenters. The van der Waals surface area contributed by atoms with E-state index < -0.39 is 10.0 Å². The number of pyridine rings is 1. The number of H-pyrrole nitrogens is 1. The van der Waals surface area contributed by atoms with E-state index in [2.05, 4.69) is 15.0 Å². The largest absolute Gasteiger partial charge is 0.279 e. The van der Waals surface area contributed by atoms with Crippen LogP contribution in [0.4, 0.5) is 11.5 Å². The van der Waals surface area contributed by atoms with Gasteiger partial charge in [0.2, 0.25) is 0 Å². The van der Waals surface area contributed by atoms with Crippen LogP contribution in [0.1, 0.15) is 16.8 Å². The minimum atomic E-state index is -3.63. The lowest BCUT2D eigenvalue weighted by molar-refractivity contribution is -0.371. The Hall–Kier alpha value is -2.86. The fourth-order valence-electron chi connectivity index (χ4n) is 2.57. The van der Waals surface area contributed by atoms with Gasteiger partial charge in [0, 0.05) is 11.6 Å². The van der Waals surface area contributed by atoms with Crippen molar-refractivity contribution in [3.8, 4) is 0 Å². The summed E-state index contributed by atoms with van der Waals surface area (Å²) in [6.45, 7) is 4.40. The van der Waals surface area contributed by atoms with Gasteiger partial charge in [0.15, 0.2) is 0 Å². The molecule has 0 radical (unpaired) electrons. The minimum absolute atomic E-state index is 0.248. The maximum Gasteiger partial charge on any atom is 0.272 e. The zero-order valence-corrected chi connectivity index (χ0v) is 15.6. The number of anilines is 2. The molecule has 0 aliphatic rings. The number of hydrogen-bond acceptors (Lipinski definition) is 3. The first-order chi connectivity index (χ1) is 12.4. The Kier molecular flexibility index (Phi) is 5.23. The van der Waals surface area contributed by atoms with E-state index >= 15 is 0 Å². The number of sulfonamides is 1. The van der Waals surface area contributed by atoms with E-state index in [1.54, 1.807) is 30.3 Å². The summed E-state index contributed by atoms with van der Waals surface area (Å²) < 4.78 is 28.0. The molecule has 0 bridgehead atoms. The molecule has 134 valence electrons. The molecule has 0 fully saturated rings. The van der Waals surface area contributed by atoms with Crippen molar-refractivity contribution in [3.05, 3.63) is 83.6 Å². The topological polar surface area (TPSA) is 72.3 Å². The van der Waals surface area contributed by atoms with E-state index in [4.69, 9.17) is 0 Å². The molecule has 26 heavy (non-hydrogen) atoms. The molecule has 0 unspecified atom stereocenters. The Balaban J connectivity index is 1.79. The summed E-state index contributed by atoms with van der Waals surface area (Å²) in [5.41, 5.74) is 3.48. The average molecular weight is 368 g/mol. The summed E-state index contributed by atoms with van der Waals surface area (Å²) in [7, 11) is -3.63. The van der Waals surface area contributed by atoms with Gasteiger partial charge < -0.3 is 0 Å². The maximum absolute atomic E-state index is 12.6. The van der Waals surface area contributed by atoms with Crippen LogP contribution in [-0.2, 0) is 16.6 Å². The molecule has 0 aliphatic heterocycles. The molecule has 1 aromatic heterocycles. The van der Waals surface area contributed by atoms with Crippen molar-refractivity contribution in [2.75, 3.05) is 10.0 Å². The molecule has 2 aromatic carbocycles. The highest BCUT2D eigenvalue weighted by molar-refractivity contribution is 7.92. The van der Waals surface area contributed by atoms with E-state index in [9.17, 15) is 8.42 Å². The summed E-state index contributed by atoms with van der Waals surface area (Å²) in [6.07, 6.45) is 0. The fourth-order valence-corrected chi connectivity index (χ4v) is 3.67. The van der Waals surface area contributed by atoms with Crippen molar-refractivity contribution in [1.82, 2.24) is 0 Å². The van der Waals surface area contributed by atoms with Crippen molar-refractivity contribution in [3.63, 3.8) is 0 Å². The predicted octanol–water partition coefficient (Wildman–Crippen LogP) is 3.53. The van der Waals surface area contributed by atoms with Crippen molar-refractivity contribution >= 4 is 21.5 Å². The third-order valence-electron chi connectivity index (χ3n) is 4.00. The molecular weight excluding hydrogens is 346 g/mol. The van der Waals surface area contributed by atoms with Crippen LogP contribution in [0.5, 0.6) is 0 Å². The van der Waals surface area contributed by atoms with Gasteiger partial charge in [-0.05, 0) is 38.1 Å². The Bertz CT molecular complexity index is 1000. The zero-order chi connectivity index (χ0) is 18.6. The highest BCUT2D eigenvalue weighted by Gasteiger charge is 2.16. The number of aromatic amines is 1. The standard InChI is InChI=1S/C20H21N3O2S/c1-15-10-12-18(13-11-15)26(24,25)23-19-8-4-3-7-17(19)14-21-20-9-5-6-16(2)22-20/h3-13,23H,14H2,1-2H3,(H,21,22)/p+1. The summed E-state index contributed by atoms with van der Waals surface area (Å²) in [5.74, 6) is 0.876. The number of rotatable bonds is 6. The van der Waals surface area contributed by atoms with Crippen molar-refractivity contribution in [1.29, 1.82) is 0 Å². The third kappa shape index (κ3) is 4.40. The van der Waals surface area contributed by atoms with Crippen molar-refractivity contribution in [2.24, 2.45) is 0 Å². The van der Waals surface area contributed by atoms with E-state index in [0.29, 0.717) is 12.2 Å². The predicted molar refractivity (Wildman–Crippen MR) is 103 cm³/mol. The zero-order valence-electron chi connectivity index (χ0n) is 14.8. The first-order valence-corrected chi connectivity index (χ1v) is 9.82. The van der Waals surface area contributed by atoms with E-state index in [-0.39, 0.29) is 4.90 Å². The fraction of sp³-hybridized carbons (Fsp3) is 0.150. The number of aryl methyl sites for hydroxylation is 2. The molecule has 1 heterocycles. The van der Waals surface area contributed by atoms with Crippen LogP contribution in [0.2, 0.25) is 0 Å². The second-order valence-electron chi connectivity index (χ2n) is 6.18. The lowest BCUT2D eigenvalue weighted by Gasteiger charge is -2.12. The van der Waals surface area contributed by atoms with Crippen LogP contribution < -0.4 is 15.0 Å². The molecule has 3 rings (SSSR count). The number of nitrogens with one attached hydrogen (secondary N) is 3. The monoisotopic (exact) mass is 368 g/mol. The van der Waals surface area contributed by atoms with Gasteiger partial charge in [-0.25, -0.2) is 13.4 Å². The van der Waals surface area contributed by atoms with Gasteiger partial charge in [-0.2, -0.15) is 0 Å². The number of aromatic nitrogens is 1. The maximum atomic E-state index is 12.6. The lowest BCUT2D eigenvalue weighted by Crippen LogP contribution is -2.17. The van der Waals surface area contributed by atoms with Gasteiger partial charge in [0.05, 0.1) is 16.3 Å². The van der Waals surface area contributed by atoms with Gasteiger partial charge in [0.25, 0.3) is 15.8 Å². The normalized spacial score (nSPS) is 11.2. The van der Waals surface area contributed by atoms with E-state index in [0.717, 1.165) is 22.6 Å². The molecule has 0 amide bonds. The third-order valence-corrected chi connectivity index (χ3v) is 5.38. The van der Waals surface area contributed by atoms with Crippen LogP contribution in [0.15, 0.2) is 71.6 Å². The lowest BCUT2D eigenvalue weighted by atomic mass is 10.2. The first kappa shape index (κ1) is 17.9. The Labute approximate surface area is 154 Å². The summed E-state index contributed by atoms with van der Waals surface area (Å²) in [5, 5.41) is 3.28. The van der Waals surface area contributed by atoms with Gasteiger partial charge in [0.1, 0.15) is 6.54 Å². The molecule has 0 saturated heterocycles. The molecule has 0 aliphatic carbocycles. The summed E-state index contributed by atoms with van der Waals surface area (Å²) >= 11 is 0. The molecule has 0 spiro atoms. The molecular formula is C20H22N3O2S+. The van der Waals surface area contributed by atoms with Gasteiger partial charge in [-0.3, -0.25) is 10.0 Å². The molecule has 3 N–H and O–H groups in total. The van der Waals surface area contributed by atoms with Crippen LogP contribution >= 0.6 is 0 Å². The number of hydrogen-bond donors (Lipinski definition) is 2. The second-order valence-corrected chi connectivity index (χ2v) is 7.86. The van der Waals surface area contributed by atoms with E-state index in [1.165, 1.54) is 0 Å². The number of para-hydroxylation sites is 1. The van der Waals surface area contributed by atoms with Crippen molar-refractivity contribution in [2.45, 2.75) is 25.3 Å². The first-order valence-electron chi connectivity index (χ1n) is 8.34. The van der Waals surface area contributed by atoms with Crippen LogP contribution in [0, 0.1) is 13.8 Å². The van der Waals surface area contributed by atoms with Crippen LogP contribution in [-0.4, -0.2) is 8.42 Å². The van der Waals surface area contributed by atoms with Crippen molar-refractivity contribution < 1.29 is 13.4 Å². The molecule has 5 nitrogen and oxygen atoms in total. The van der Waals surface area contributed by atoms with Crippen LogP contribution in [0.3, 0.4) is 0 Å². The highest BCUT2D eigenvalue weighted by Crippen LogP contribution is 2.21. The SMILES string of the molecule is Cc1ccc(S(=O)(=O)Nc2ccccc2CNc2cccc(C)[nH+]2)cc1. The summed E-state index contributed by atoms with van der Waals surface area (Å²) in [4.78, 5) is 3.47. The molecule has 3 aromatic rings. The average Bonchev–Trinajstić information content (AvgIpc) is 2.61. The van der Waals surface area contributed by atoms with E-state index in [1.807, 2.05) is 50.2 Å². The van der Waals surface area contributed by atoms with Gasteiger partial charge >= 0.3 is 0 Å². The van der Waals surface area contributed by atoms with Crippen LogP contribution in [0.25, 0.3) is 0 Å². The Morgan fingerprint density at radius 1 is 0.885 bits per heavy atom. The Morgan fingerprint density at radius 2 is 1.62 bits per heavy atom. The summed E-state index contributed by atoms with van der Waals surface area (Å²) in [6, 6.07) is 20.0. The number of benzene rings is 2. The molecule has 0 saturated carbocycles. The minimum Gasteiger partial charge on any atom is -0.279 e. The quantitative estimate of drug-likeness (QED) is 0.699.